The average Bonchev–Trinajstić information content (AvgIpc) is 1.83. The first-order valence-corrected chi connectivity index (χ1v) is 4.48. The summed E-state index contributed by atoms with van der Waals surface area (Å²) in [6.45, 7) is 0. The number of benzene rings is 1. The van der Waals surface area contributed by atoms with Crippen LogP contribution in [0.3, 0.4) is 0 Å². The molecule has 0 fully saturated rings. The van der Waals surface area contributed by atoms with E-state index < -0.39 is 10.1 Å². The number of nitrogens with two attached hydrogens (primary N) is 2. The normalized spacial score (nSPS) is 10.5. The molecule has 0 aromatic heterocycles. The van der Waals surface area contributed by atoms with Gasteiger partial charge in [-0.25, -0.2) is 0 Å². The maximum atomic E-state index is 10.6. The Morgan fingerprint density at radius 1 is 1.23 bits per heavy atom. The van der Waals surface area contributed by atoms with E-state index in [1.54, 1.807) is 0 Å². The van der Waals surface area contributed by atoms with Crippen molar-refractivity contribution in [3.8, 4) is 0 Å². The molecular weight excluding hydrogens is 219 g/mol. The van der Waals surface area contributed by atoms with Crippen LogP contribution in [0, 0.1) is 0 Å². The number of anilines is 2. The van der Waals surface area contributed by atoms with Gasteiger partial charge in [-0.3, -0.25) is 4.55 Å². The Morgan fingerprint density at radius 2 is 1.77 bits per heavy atom. The molecule has 0 aliphatic rings. The summed E-state index contributed by atoms with van der Waals surface area (Å²) in [5.41, 5.74) is 10.9. The minimum atomic E-state index is -4.23. The molecule has 5 N–H and O–H groups in total. The second kappa shape index (κ2) is 4.74. The van der Waals surface area contributed by atoms with Gasteiger partial charge in [0.2, 0.25) is 0 Å². The van der Waals surface area contributed by atoms with Gasteiger partial charge in [-0.2, -0.15) is 8.42 Å². The number of rotatable bonds is 1. The van der Waals surface area contributed by atoms with Crippen molar-refractivity contribution < 1.29 is 13.0 Å². The molecule has 0 saturated carbocycles. The van der Waals surface area contributed by atoms with Crippen molar-refractivity contribution in [3.63, 3.8) is 0 Å². The molecule has 0 aliphatic carbocycles. The van der Waals surface area contributed by atoms with Crippen molar-refractivity contribution in [2.75, 3.05) is 11.5 Å². The monoisotopic (exact) mass is 228 g/mol. The van der Waals surface area contributed by atoms with Crippen LogP contribution in [0.5, 0.6) is 0 Å². The van der Waals surface area contributed by atoms with E-state index >= 15 is 0 Å². The zero-order valence-electron chi connectivity index (χ0n) is 6.06. The Labute approximate surface area is 119 Å². The van der Waals surface area contributed by atoms with Crippen molar-refractivity contribution in [2.45, 2.75) is 4.90 Å². The van der Waals surface area contributed by atoms with Gasteiger partial charge in [-0.15, -0.1) is 0 Å². The molecule has 0 atom stereocenters. The van der Waals surface area contributed by atoms with Gasteiger partial charge in [0.05, 0.1) is 5.69 Å². The van der Waals surface area contributed by atoms with Crippen LogP contribution in [0.25, 0.3) is 0 Å². The second-order valence-electron chi connectivity index (χ2n) is 2.27. The molecule has 0 bridgehead atoms. The van der Waals surface area contributed by atoms with E-state index in [0.29, 0.717) is 5.69 Å². The van der Waals surface area contributed by atoms with Crippen LogP contribution in [0.15, 0.2) is 23.1 Å². The van der Waals surface area contributed by atoms with E-state index in [2.05, 4.69) is 0 Å². The van der Waals surface area contributed by atoms with Gasteiger partial charge in [0.25, 0.3) is 10.1 Å². The molecule has 0 saturated heterocycles. The summed E-state index contributed by atoms with van der Waals surface area (Å²) in [5.74, 6) is 0. The molecule has 0 heterocycles. The van der Waals surface area contributed by atoms with Gasteiger partial charge >= 0.3 is 51.4 Å². The molecule has 7 heteroatoms. The summed E-state index contributed by atoms with van der Waals surface area (Å²) in [7, 11) is -4.23. The molecule has 5 nitrogen and oxygen atoms in total. The van der Waals surface area contributed by atoms with E-state index in [1.165, 1.54) is 12.1 Å². The predicted molar refractivity (Wildman–Crippen MR) is 52.2 cm³/mol. The number of nitrogen functional groups attached to an aromatic ring is 2. The number of hydrogen-bond donors (Lipinski definition) is 3. The van der Waals surface area contributed by atoms with E-state index in [9.17, 15) is 8.42 Å². The van der Waals surface area contributed by atoms with Crippen LogP contribution in [0.1, 0.15) is 0 Å². The fourth-order valence-electron chi connectivity index (χ4n) is 0.802. The molecule has 1 aromatic carbocycles. The van der Waals surface area contributed by atoms with Crippen LogP contribution >= 0.6 is 0 Å². The van der Waals surface area contributed by atoms with Crippen LogP contribution < -0.4 is 11.5 Å². The zero-order valence-corrected chi connectivity index (χ0v) is 6.88. The molecule has 0 amide bonds. The van der Waals surface area contributed by atoms with Crippen molar-refractivity contribution >= 4 is 72.9 Å². The van der Waals surface area contributed by atoms with Crippen LogP contribution in [0.2, 0.25) is 0 Å². The third kappa shape index (κ3) is 3.54. The quantitative estimate of drug-likeness (QED) is 0.340. The molecular formula is C6H9KN2O3S. The SMILES string of the molecule is Nc1ccc(S(=O)(=O)O)c(N)c1.[KH]. The van der Waals surface area contributed by atoms with Gasteiger partial charge in [0.15, 0.2) is 0 Å². The third-order valence-corrected chi connectivity index (χ3v) is 2.24. The van der Waals surface area contributed by atoms with Gasteiger partial charge in [0.1, 0.15) is 4.90 Å². The van der Waals surface area contributed by atoms with E-state index in [1.807, 2.05) is 0 Å². The predicted octanol–water partition coefficient (Wildman–Crippen LogP) is -0.551. The Kier molecular flexibility index (Phi) is 4.87. The Morgan fingerprint density at radius 3 is 2.15 bits per heavy atom. The molecule has 0 spiro atoms. The van der Waals surface area contributed by atoms with E-state index in [4.69, 9.17) is 16.0 Å². The molecule has 13 heavy (non-hydrogen) atoms. The first-order chi connectivity index (χ1) is 5.41. The summed E-state index contributed by atoms with van der Waals surface area (Å²) in [6, 6.07) is 3.77. The first kappa shape index (κ1) is 13.4. The second-order valence-corrected chi connectivity index (χ2v) is 3.66. The van der Waals surface area contributed by atoms with Crippen molar-refractivity contribution in [1.29, 1.82) is 0 Å². The summed E-state index contributed by atoms with van der Waals surface area (Å²) in [4.78, 5) is -0.322. The van der Waals surface area contributed by atoms with Crippen LogP contribution in [-0.4, -0.2) is 64.4 Å². The summed E-state index contributed by atoms with van der Waals surface area (Å²) >= 11 is 0. The number of hydrogen-bond acceptors (Lipinski definition) is 4. The van der Waals surface area contributed by atoms with E-state index in [0.717, 1.165) is 6.07 Å². The first-order valence-electron chi connectivity index (χ1n) is 3.04. The van der Waals surface area contributed by atoms with Crippen LogP contribution in [0.4, 0.5) is 11.4 Å². The Bertz CT molecular complexity index is 404. The maximum absolute atomic E-state index is 10.6. The van der Waals surface area contributed by atoms with Crippen molar-refractivity contribution in [3.05, 3.63) is 18.2 Å². The fourth-order valence-corrected chi connectivity index (χ4v) is 1.40. The summed E-state index contributed by atoms with van der Waals surface area (Å²) < 4.78 is 29.8. The topological polar surface area (TPSA) is 106 Å². The van der Waals surface area contributed by atoms with Gasteiger partial charge in [0, 0.05) is 5.69 Å². The Hall–Kier alpha value is 0.366. The summed E-state index contributed by atoms with van der Waals surface area (Å²) in [5, 5.41) is 0. The van der Waals surface area contributed by atoms with Gasteiger partial charge < -0.3 is 11.5 Å². The van der Waals surface area contributed by atoms with Crippen LogP contribution in [-0.2, 0) is 10.1 Å². The van der Waals surface area contributed by atoms with Crippen molar-refractivity contribution in [1.82, 2.24) is 0 Å². The summed E-state index contributed by atoms with van der Waals surface area (Å²) in [6.07, 6.45) is 0. The molecule has 68 valence electrons. The zero-order chi connectivity index (χ0) is 9.35. The molecule has 1 aromatic rings. The van der Waals surface area contributed by atoms with Gasteiger partial charge in [-0.05, 0) is 18.2 Å². The molecule has 1 rings (SSSR count). The van der Waals surface area contributed by atoms with Crippen molar-refractivity contribution in [2.24, 2.45) is 0 Å². The molecule has 0 radical (unpaired) electrons. The molecule has 0 aliphatic heterocycles. The van der Waals surface area contributed by atoms with E-state index in [-0.39, 0.29) is 62.0 Å². The molecule has 0 unspecified atom stereocenters. The fraction of sp³-hybridized carbons (Fsp3) is 0. The average molecular weight is 228 g/mol. The third-order valence-electron chi connectivity index (χ3n) is 1.31. The minimum absolute atomic E-state index is 0. The van der Waals surface area contributed by atoms with Gasteiger partial charge in [-0.1, -0.05) is 0 Å². The Balaban J connectivity index is 0.00000144. The standard InChI is InChI=1S/C6H8N2O3S.K.H/c7-4-1-2-6(5(8)3-4)12(9,10)11;;/h1-3H,7-8H2,(H,9,10,11);;.